The Balaban J connectivity index is 2.12. The summed E-state index contributed by atoms with van der Waals surface area (Å²) >= 11 is 0. The molecule has 0 amide bonds. The molecule has 0 aliphatic carbocycles. The number of carboxylic acids is 1. The summed E-state index contributed by atoms with van der Waals surface area (Å²) in [5.41, 5.74) is 0.524. The molecule has 0 aromatic heterocycles. The van der Waals surface area contributed by atoms with Crippen molar-refractivity contribution in [2.75, 3.05) is 24.7 Å². The predicted octanol–water partition coefficient (Wildman–Crippen LogP) is 1.90. The van der Waals surface area contributed by atoms with Crippen molar-refractivity contribution in [3.8, 4) is 0 Å². The number of hydrogen-bond donors (Lipinski definition) is 1. The molecule has 1 aromatic carbocycles. The van der Waals surface area contributed by atoms with E-state index in [4.69, 9.17) is 9.84 Å². The number of hydrogen-bond acceptors (Lipinski definition) is 3. The van der Waals surface area contributed by atoms with E-state index in [0.717, 1.165) is 0 Å². The molecular formula is C13H16FNO3. The maximum atomic E-state index is 13.7. The summed E-state index contributed by atoms with van der Waals surface area (Å²) in [6.07, 6.45) is 0.530. The summed E-state index contributed by atoms with van der Waals surface area (Å²) in [6.45, 7) is 1.57. The average molecular weight is 253 g/mol. The van der Waals surface area contributed by atoms with Crippen LogP contribution in [0.4, 0.5) is 10.1 Å². The SMILES string of the molecule is O=C(O)CCC1COCCN1c1ccccc1F. The number of nitrogens with zero attached hydrogens (tertiary/aromatic N) is 1. The largest absolute Gasteiger partial charge is 0.481 e. The maximum Gasteiger partial charge on any atom is 0.303 e. The summed E-state index contributed by atoms with van der Waals surface area (Å²) in [5.74, 6) is -1.12. The Bertz CT molecular complexity index is 424. The highest BCUT2D eigenvalue weighted by atomic mass is 19.1. The second kappa shape index (κ2) is 5.82. The molecule has 98 valence electrons. The summed E-state index contributed by atoms with van der Waals surface area (Å²) in [5, 5.41) is 8.72. The Hall–Kier alpha value is -1.62. The molecule has 1 N–H and O–H groups in total. The fourth-order valence-corrected chi connectivity index (χ4v) is 2.19. The number of ether oxygens (including phenoxy) is 1. The van der Waals surface area contributed by atoms with Gasteiger partial charge in [0.05, 0.1) is 24.9 Å². The number of para-hydroxylation sites is 1. The van der Waals surface area contributed by atoms with Gasteiger partial charge in [0.1, 0.15) is 5.82 Å². The van der Waals surface area contributed by atoms with Crippen LogP contribution < -0.4 is 4.90 Å². The quantitative estimate of drug-likeness (QED) is 0.890. The van der Waals surface area contributed by atoms with Gasteiger partial charge in [0.25, 0.3) is 0 Å². The van der Waals surface area contributed by atoms with Gasteiger partial charge in [-0.1, -0.05) is 12.1 Å². The third kappa shape index (κ3) is 2.98. The Labute approximate surface area is 105 Å². The first-order valence-corrected chi connectivity index (χ1v) is 5.99. The smallest absolute Gasteiger partial charge is 0.303 e. The predicted molar refractivity (Wildman–Crippen MR) is 65.2 cm³/mol. The number of aliphatic carboxylic acids is 1. The lowest BCUT2D eigenvalue weighted by molar-refractivity contribution is -0.137. The molecule has 1 unspecified atom stereocenters. The van der Waals surface area contributed by atoms with Crippen molar-refractivity contribution in [3.05, 3.63) is 30.1 Å². The van der Waals surface area contributed by atoms with Gasteiger partial charge in [-0.05, 0) is 18.6 Å². The lowest BCUT2D eigenvalue weighted by atomic mass is 10.1. The zero-order valence-electron chi connectivity index (χ0n) is 10.0. The third-order valence-electron chi connectivity index (χ3n) is 3.08. The highest BCUT2D eigenvalue weighted by Gasteiger charge is 2.25. The van der Waals surface area contributed by atoms with Gasteiger partial charge in [-0.25, -0.2) is 4.39 Å². The van der Waals surface area contributed by atoms with E-state index in [2.05, 4.69) is 0 Å². The van der Waals surface area contributed by atoms with E-state index in [1.165, 1.54) is 6.07 Å². The maximum absolute atomic E-state index is 13.7. The average Bonchev–Trinajstić information content (AvgIpc) is 2.37. The summed E-state index contributed by atoms with van der Waals surface area (Å²) in [6, 6.07) is 6.48. The van der Waals surface area contributed by atoms with Crippen LogP contribution in [-0.4, -0.2) is 36.9 Å². The van der Waals surface area contributed by atoms with Crippen molar-refractivity contribution >= 4 is 11.7 Å². The summed E-state index contributed by atoms with van der Waals surface area (Å²) in [4.78, 5) is 12.5. The van der Waals surface area contributed by atoms with Crippen molar-refractivity contribution < 1.29 is 19.0 Å². The van der Waals surface area contributed by atoms with Crippen LogP contribution in [0.1, 0.15) is 12.8 Å². The summed E-state index contributed by atoms with van der Waals surface area (Å²) in [7, 11) is 0. The minimum Gasteiger partial charge on any atom is -0.481 e. The van der Waals surface area contributed by atoms with Crippen LogP contribution in [0.5, 0.6) is 0 Å². The van der Waals surface area contributed by atoms with E-state index < -0.39 is 5.97 Å². The third-order valence-corrected chi connectivity index (χ3v) is 3.08. The topological polar surface area (TPSA) is 49.8 Å². The van der Waals surface area contributed by atoms with Crippen molar-refractivity contribution in [1.29, 1.82) is 0 Å². The normalized spacial score (nSPS) is 19.8. The van der Waals surface area contributed by atoms with Crippen molar-refractivity contribution in [2.24, 2.45) is 0 Å². The number of carboxylic acid groups (broad SMARTS) is 1. The van der Waals surface area contributed by atoms with Gasteiger partial charge >= 0.3 is 5.97 Å². The standard InChI is InChI=1S/C13H16FNO3/c14-11-3-1-2-4-12(11)15-7-8-18-9-10(15)5-6-13(16)17/h1-4,10H,5-9H2,(H,16,17). The monoisotopic (exact) mass is 253 g/mol. The number of benzene rings is 1. The Morgan fingerprint density at radius 3 is 3.00 bits per heavy atom. The lowest BCUT2D eigenvalue weighted by Crippen LogP contribution is -2.46. The van der Waals surface area contributed by atoms with E-state index in [9.17, 15) is 9.18 Å². The van der Waals surface area contributed by atoms with Crippen LogP contribution in [0.3, 0.4) is 0 Å². The molecule has 1 aliphatic heterocycles. The van der Waals surface area contributed by atoms with E-state index >= 15 is 0 Å². The van der Waals surface area contributed by atoms with Gasteiger partial charge in [0, 0.05) is 13.0 Å². The molecule has 1 fully saturated rings. The first-order chi connectivity index (χ1) is 8.68. The second-order valence-electron chi connectivity index (χ2n) is 4.31. The number of anilines is 1. The van der Waals surface area contributed by atoms with Crippen LogP contribution in [0.15, 0.2) is 24.3 Å². The molecule has 0 radical (unpaired) electrons. The van der Waals surface area contributed by atoms with Crippen molar-refractivity contribution in [1.82, 2.24) is 0 Å². The molecule has 0 spiro atoms. The van der Waals surface area contributed by atoms with Gasteiger partial charge in [-0.15, -0.1) is 0 Å². The first kappa shape index (κ1) is 12.8. The number of halogens is 1. The van der Waals surface area contributed by atoms with Crippen molar-refractivity contribution in [2.45, 2.75) is 18.9 Å². The second-order valence-corrected chi connectivity index (χ2v) is 4.31. The number of rotatable bonds is 4. The van der Waals surface area contributed by atoms with E-state index in [0.29, 0.717) is 31.9 Å². The molecule has 0 saturated carbocycles. The van der Waals surface area contributed by atoms with Crippen LogP contribution in [0, 0.1) is 5.82 Å². The lowest BCUT2D eigenvalue weighted by Gasteiger charge is -2.37. The summed E-state index contributed by atoms with van der Waals surface area (Å²) < 4.78 is 19.1. The Morgan fingerprint density at radius 1 is 1.50 bits per heavy atom. The Morgan fingerprint density at radius 2 is 2.28 bits per heavy atom. The van der Waals surface area contributed by atoms with Gasteiger partial charge in [-0.2, -0.15) is 0 Å². The zero-order chi connectivity index (χ0) is 13.0. The van der Waals surface area contributed by atoms with Gasteiger partial charge in [0.15, 0.2) is 0 Å². The van der Waals surface area contributed by atoms with Gasteiger partial charge < -0.3 is 14.7 Å². The minimum absolute atomic E-state index is 0.0684. The first-order valence-electron chi connectivity index (χ1n) is 5.99. The molecule has 5 heteroatoms. The number of morpholine rings is 1. The van der Waals surface area contributed by atoms with E-state index in [1.54, 1.807) is 18.2 Å². The van der Waals surface area contributed by atoms with Crippen LogP contribution in [0.25, 0.3) is 0 Å². The highest BCUT2D eigenvalue weighted by molar-refractivity contribution is 5.66. The molecule has 1 aromatic rings. The zero-order valence-corrected chi connectivity index (χ0v) is 10.0. The molecule has 1 saturated heterocycles. The van der Waals surface area contributed by atoms with E-state index in [1.807, 2.05) is 4.90 Å². The highest BCUT2D eigenvalue weighted by Crippen LogP contribution is 2.24. The molecule has 18 heavy (non-hydrogen) atoms. The molecular weight excluding hydrogens is 237 g/mol. The van der Waals surface area contributed by atoms with Gasteiger partial charge in [0.2, 0.25) is 0 Å². The fourth-order valence-electron chi connectivity index (χ4n) is 2.19. The number of carbonyl (C=O) groups is 1. The molecule has 1 aliphatic rings. The molecule has 2 rings (SSSR count). The van der Waals surface area contributed by atoms with Crippen LogP contribution in [0.2, 0.25) is 0 Å². The fraction of sp³-hybridized carbons (Fsp3) is 0.462. The molecule has 0 bridgehead atoms. The Kier molecular flexibility index (Phi) is 4.15. The molecule has 1 atom stereocenters. The van der Waals surface area contributed by atoms with Gasteiger partial charge in [-0.3, -0.25) is 4.79 Å². The molecule has 1 heterocycles. The van der Waals surface area contributed by atoms with Crippen LogP contribution in [-0.2, 0) is 9.53 Å². The van der Waals surface area contributed by atoms with E-state index in [-0.39, 0.29) is 18.3 Å². The van der Waals surface area contributed by atoms with Crippen LogP contribution >= 0.6 is 0 Å². The van der Waals surface area contributed by atoms with Crippen molar-refractivity contribution in [3.63, 3.8) is 0 Å². The minimum atomic E-state index is -0.839. The molecule has 4 nitrogen and oxygen atoms in total.